The maximum atomic E-state index is 13.1. The molecule has 0 aliphatic heterocycles. The van der Waals surface area contributed by atoms with Crippen LogP contribution in [0.15, 0.2) is 18.2 Å². The first-order chi connectivity index (χ1) is 8.02. The number of benzene rings is 1. The Labute approximate surface area is 100.0 Å². The molecule has 0 saturated carbocycles. The number of amides is 1. The number of carbonyl (C=O) groups is 1. The summed E-state index contributed by atoms with van der Waals surface area (Å²) in [4.78, 5) is 11.5. The van der Waals surface area contributed by atoms with Crippen LogP contribution in [-0.4, -0.2) is 19.1 Å². The van der Waals surface area contributed by atoms with E-state index in [1.54, 1.807) is 0 Å². The molecule has 0 heterocycles. The number of rotatable bonds is 5. The second-order valence-electron chi connectivity index (χ2n) is 3.91. The molecule has 1 atom stereocenters. The highest BCUT2D eigenvalue weighted by molar-refractivity contribution is 5.90. The van der Waals surface area contributed by atoms with Crippen molar-refractivity contribution >= 4 is 11.6 Å². The largest absolute Gasteiger partial charge is 0.494 e. The Balaban J connectivity index is 2.59. The number of nitrogens with two attached hydrogens (primary N) is 1. The third-order valence-corrected chi connectivity index (χ3v) is 2.26. The first kappa shape index (κ1) is 13.4. The Kier molecular flexibility index (Phi) is 4.90. The van der Waals surface area contributed by atoms with Gasteiger partial charge in [-0.2, -0.15) is 0 Å². The van der Waals surface area contributed by atoms with Gasteiger partial charge in [-0.15, -0.1) is 0 Å². The molecule has 94 valence electrons. The number of anilines is 1. The molecule has 1 aromatic carbocycles. The van der Waals surface area contributed by atoms with Gasteiger partial charge in [0.05, 0.1) is 7.11 Å². The lowest BCUT2D eigenvalue weighted by Gasteiger charge is -2.08. The molecule has 1 amide bonds. The SMILES string of the molecule is COc1cc(NC(=O)CCC(C)N)ccc1F. The van der Waals surface area contributed by atoms with E-state index in [9.17, 15) is 9.18 Å². The maximum Gasteiger partial charge on any atom is 0.224 e. The normalized spacial score (nSPS) is 12.0. The highest BCUT2D eigenvalue weighted by atomic mass is 19.1. The summed E-state index contributed by atoms with van der Waals surface area (Å²) in [5.74, 6) is -0.493. The van der Waals surface area contributed by atoms with Gasteiger partial charge in [0, 0.05) is 24.2 Å². The third kappa shape index (κ3) is 4.40. The minimum Gasteiger partial charge on any atom is -0.494 e. The summed E-state index contributed by atoms with van der Waals surface area (Å²) in [6.45, 7) is 1.84. The van der Waals surface area contributed by atoms with Crippen LogP contribution < -0.4 is 15.8 Å². The zero-order valence-corrected chi connectivity index (χ0v) is 10.00. The predicted octanol–water partition coefficient (Wildman–Crippen LogP) is 1.90. The lowest BCUT2D eigenvalue weighted by molar-refractivity contribution is -0.116. The van der Waals surface area contributed by atoms with Gasteiger partial charge in [-0.1, -0.05) is 0 Å². The van der Waals surface area contributed by atoms with E-state index in [1.165, 1.54) is 25.3 Å². The fourth-order valence-electron chi connectivity index (χ4n) is 1.32. The first-order valence-corrected chi connectivity index (χ1v) is 5.42. The lowest BCUT2D eigenvalue weighted by Crippen LogP contribution is -2.19. The monoisotopic (exact) mass is 240 g/mol. The summed E-state index contributed by atoms with van der Waals surface area (Å²) in [5, 5.41) is 2.66. The number of hydrogen-bond donors (Lipinski definition) is 2. The number of hydrogen-bond acceptors (Lipinski definition) is 3. The van der Waals surface area contributed by atoms with Crippen LogP contribution in [-0.2, 0) is 4.79 Å². The van der Waals surface area contributed by atoms with E-state index in [0.717, 1.165) is 0 Å². The number of ether oxygens (including phenoxy) is 1. The molecule has 0 spiro atoms. The second kappa shape index (κ2) is 6.20. The van der Waals surface area contributed by atoms with Crippen molar-refractivity contribution in [1.82, 2.24) is 0 Å². The maximum absolute atomic E-state index is 13.1. The zero-order valence-electron chi connectivity index (χ0n) is 10.00. The quantitative estimate of drug-likeness (QED) is 0.826. The van der Waals surface area contributed by atoms with Crippen molar-refractivity contribution in [3.05, 3.63) is 24.0 Å². The fraction of sp³-hybridized carbons (Fsp3) is 0.417. The van der Waals surface area contributed by atoms with E-state index >= 15 is 0 Å². The zero-order chi connectivity index (χ0) is 12.8. The molecule has 0 aliphatic carbocycles. The van der Waals surface area contributed by atoms with Gasteiger partial charge < -0.3 is 15.8 Å². The van der Waals surface area contributed by atoms with Crippen LogP contribution >= 0.6 is 0 Å². The van der Waals surface area contributed by atoms with Crippen LogP contribution in [0.1, 0.15) is 19.8 Å². The molecule has 1 unspecified atom stereocenters. The molecule has 3 N–H and O–H groups in total. The summed E-state index contributed by atoms with van der Waals surface area (Å²) in [6, 6.07) is 4.17. The highest BCUT2D eigenvalue weighted by Crippen LogP contribution is 2.21. The van der Waals surface area contributed by atoms with Crippen LogP contribution in [0.4, 0.5) is 10.1 Å². The van der Waals surface area contributed by atoms with E-state index in [4.69, 9.17) is 10.5 Å². The first-order valence-electron chi connectivity index (χ1n) is 5.42. The van der Waals surface area contributed by atoms with Crippen LogP contribution in [0.2, 0.25) is 0 Å². The Morgan fingerprint density at radius 1 is 1.59 bits per heavy atom. The molecular weight excluding hydrogens is 223 g/mol. The van der Waals surface area contributed by atoms with Crippen LogP contribution in [0, 0.1) is 5.82 Å². The molecule has 1 rings (SSSR count). The van der Waals surface area contributed by atoms with Crippen molar-refractivity contribution in [2.75, 3.05) is 12.4 Å². The summed E-state index contributed by atoms with van der Waals surface area (Å²) in [7, 11) is 1.38. The van der Waals surface area contributed by atoms with Crippen LogP contribution in [0.25, 0.3) is 0 Å². The van der Waals surface area contributed by atoms with Gasteiger partial charge >= 0.3 is 0 Å². The Hall–Kier alpha value is -1.62. The molecular formula is C12H17FN2O2. The summed E-state index contributed by atoms with van der Waals surface area (Å²) in [5.41, 5.74) is 6.06. The van der Waals surface area contributed by atoms with Crippen molar-refractivity contribution in [2.24, 2.45) is 5.73 Å². The van der Waals surface area contributed by atoms with Gasteiger partial charge in [-0.25, -0.2) is 4.39 Å². The van der Waals surface area contributed by atoms with E-state index in [2.05, 4.69) is 5.32 Å². The Morgan fingerprint density at radius 3 is 2.88 bits per heavy atom. The molecule has 0 radical (unpaired) electrons. The summed E-state index contributed by atoms with van der Waals surface area (Å²) < 4.78 is 17.9. The molecule has 17 heavy (non-hydrogen) atoms. The average molecular weight is 240 g/mol. The van der Waals surface area contributed by atoms with Crippen LogP contribution in [0.3, 0.4) is 0 Å². The molecule has 4 nitrogen and oxygen atoms in total. The fourth-order valence-corrected chi connectivity index (χ4v) is 1.32. The molecule has 0 fully saturated rings. The standard InChI is InChI=1S/C12H17FN2O2/c1-8(14)3-6-12(16)15-9-4-5-10(13)11(7-9)17-2/h4-5,7-8H,3,6,14H2,1-2H3,(H,15,16). The minimum absolute atomic E-state index is 0.0106. The average Bonchev–Trinajstić information content (AvgIpc) is 2.29. The smallest absolute Gasteiger partial charge is 0.224 e. The van der Waals surface area contributed by atoms with E-state index in [0.29, 0.717) is 18.5 Å². The van der Waals surface area contributed by atoms with E-state index in [-0.39, 0.29) is 17.7 Å². The van der Waals surface area contributed by atoms with Crippen LogP contribution in [0.5, 0.6) is 5.75 Å². The van der Waals surface area contributed by atoms with E-state index in [1.807, 2.05) is 6.92 Å². The van der Waals surface area contributed by atoms with Gasteiger partial charge in [-0.05, 0) is 25.5 Å². The van der Waals surface area contributed by atoms with Gasteiger partial charge in [-0.3, -0.25) is 4.79 Å². The number of halogens is 1. The Morgan fingerprint density at radius 2 is 2.29 bits per heavy atom. The third-order valence-electron chi connectivity index (χ3n) is 2.26. The molecule has 0 aliphatic rings. The molecule has 5 heteroatoms. The van der Waals surface area contributed by atoms with Gasteiger partial charge in [0.1, 0.15) is 0 Å². The van der Waals surface area contributed by atoms with Crippen molar-refractivity contribution in [2.45, 2.75) is 25.8 Å². The lowest BCUT2D eigenvalue weighted by atomic mass is 10.2. The van der Waals surface area contributed by atoms with Gasteiger partial charge in [0.25, 0.3) is 0 Å². The molecule has 0 bridgehead atoms. The van der Waals surface area contributed by atoms with E-state index < -0.39 is 5.82 Å². The minimum atomic E-state index is -0.457. The van der Waals surface area contributed by atoms with Crippen molar-refractivity contribution in [3.63, 3.8) is 0 Å². The topological polar surface area (TPSA) is 64.3 Å². The second-order valence-corrected chi connectivity index (χ2v) is 3.91. The highest BCUT2D eigenvalue weighted by Gasteiger charge is 2.07. The summed E-state index contributed by atoms with van der Waals surface area (Å²) >= 11 is 0. The van der Waals surface area contributed by atoms with Gasteiger partial charge in [0.15, 0.2) is 11.6 Å². The summed E-state index contributed by atoms with van der Waals surface area (Å²) in [6.07, 6.45) is 0.960. The predicted molar refractivity (Wildman–Crippen MR) is 64.5 cm³/mol. The van der Waals surface area contributed by atoms with Crippen molar-refractivity contribution < 1.29 is 13.9 Å². The molecule has 1 aromatic rings. The molecule has 0 aromatic heterocycles. The van der Waals surface area contributed by atoms with Crippen molar-refractivity contribution in [1.29, 1.82) is 0 Å². The van der Waals surface area contributed by atoms with Gasteiger partial charge in [0.2, 0.25) is 5.91 Å². The Bertz CT molecular complexity index is 394. The van der Waals surface area contributed by atoms with Crippen molar-refractivity contribution in [3.8, 4) is 5.75 Å². The number of carbonyl (C=O) groups excluding carboxylic acids is 1. The molecule has 0 saturated heterocycles. The number of methoxy groups -OCH3 is 1. The number of nitrogens with one attached hydrogen (secondary N) is 1.